The van der Waals surface area contributed by atoms with Gasteiger partial charge in [-0.2, -0.15) is 0 Å². The van der Waals surface area contributed by atoms with E-state index in [9.17, 15) is 4.79 Å². The normalized spacial score (nSPS) is 28.6. The monoisotopic (exact) mass is 225 g/mol. The smallest absolute Gasteiger partial charge is 0.251 e. The van der Waals surface area contributed by atoms with Crippen LogP contribution in [0.4, 0.5) is 0 Å². The van der Waals surface area contributed by atoms with Gasteiger partial charge in [0.25, 0.3) is 5.91 Å². The summed E-state index contributed by atoms with van der Waals surface area (Å²) in [6, 6.07) is 0.507. The van der Waals surface area contributed by atoms with Crippen LogP contribution < -0.4 is 0 Å². The maximum atomic E-state index is 12.1. The van der Waals surface area contributed by atoms with Gasteiger partial charge < -0.3 is 9.64 Å². The number of carbonyl (C=O) groups excluding carboxylic acids is 1. The van der Waals surface area contributed by atoms with Crippen LogP contribution in [0.15, 0.2) is 0 Å². The van der Waals surface area contributed by atoms with E-state index in [0.717, 1.165) is 12.5 Å². The Morgan fingerprint density at radius 1 is 1.25 bits per heavy atom. The average molecular weight is 225 g/mol. The summed E-state index contributed by atoms with van der Waals surface area (Å²) in [7, 11) is 1.61. The highest BCUT2D eigenvalue weighted by Gasteiger charge is 2.37. The number of ether oxygens (including phenoxy) is 1. The molecule has 1 saturated carbocycles. The number of hydrogen-bond acceptors (Lipinski definition) is 2. The molecule has 0 spiro atoms. The highest BCUT2D eigenvalue weighted by atomic mass is 16.5. The van der Waals surface area contributed by atoms with Gasteiger partial charge in [-0.1, -0.05) is 12.8 Å². The van der Waals surface area contributed by atoms with E-state index in [1.54, 1.807) is 7.11 Å². The Bertz CT molecular complexity index is 248. The molecular formula is C13H23NO2. The Balaban J connectivity index is 1.99. The summed E-state index contributed by atoms with van der Waals surface area (Å²) < 4.78 is 5.14. The number of amides is 1. The lowest BCUT2D eigenvalue weighted by molar-refractivity contribution is -0.142. The summed E-state index contributed by atoms with van der Waals surface area (Å²) in [5, 5.41) is 0. The minimum atomic E-state index is -0.276. The van der Waals surface area contributed by atoms with Crippen LogP contribution in [-0.4, -0.2) is 36.6 Å². The van der Waals surface area contributed by atoms with Crippen molar-refractivity contribution in [1.82, 2.24) is 4.90 Å². The van der Waals surface area contributed by atoms with Gasteiger partial charge in [0.05, 0.1) is 0 Å². The first-order valence-corrected chi connectivity index (χ1v) is 6.57. The molecule has 1 saturated heterocycles. The number of rotatable bonds is 3. The van der Waals surface area contributed by atoms with Crippen LogP contribution in [0.3, 0.4) is 0 Å². The zero-order valence-corrected chi connectivity index (χ0v) is 10.4. The predicted molar refractivity (Wildman–Crippen MR) is 63.2 cm³/mol. The molecule has 0 unspecified atom stereocenters. The lowest BCUT2D eigenvalue weighted by Crippen LogP contribution is -2.44. The van der Waals surface area contributed by atoms with Gasteiger partial charge in [-0.05, 0) is 38.5 Å². The summed E-state index contributed by atoms with van der Waals surface area (Å²) in [5.41, 5.74) is 0. The fourth-order valence-electron chi connectivity index (χ4n) is 3.23. The fourth-order valence-corrected chi connectivity index (χ4v) is 3.23. The van der Waals surface area contributed by atoms with E-state index >= 15 is 0 Å². The van der Waals surface area contributed by atoms with Crippen molar-refractivity contribution in [3.05, 3.63) is 0 Å². The predicted octanol–water partition coefficient (Wildman–Crippen LogP) is 2.20. The Morgan fingerprint density at radius 3 is 2.56 bits per heavy atom. The van der Waals surface area contributed by atoms with Gasteiger partial charge in [0.15, 0.2) is 0 Å². The molecule has 1 heterocycles. The number of carbonyl (C=O) groups is 1. The number of likely N-dealkylation sites (tertiary alicyclic amines) is 1. The van der Waals surface area contributed by atoms with E-state index in [-0.39, 0.29) is 12.0 Å². The Morgan fingerprint density at radius 2 is 1.94 bits per heavy atom. The number of hydrogen-bond donors (Lipinski definition) is 0. The van der Waals surface area contributed by atoms with Gasteiger partial charge in [0.2, 0.25) is 0 Å². The largest absolute Gasteiger partial charge is 0.372 e. The second-order valence-electron chi connectivity index (χ2n) is 5.16. The van der Waals surface area contributed by atoms with Crippen molar-refractivity contribution in [2.24, 2.45) is 5.92 Å². The molecule has 3 heteroatoms. The Hall–Kier alpha value is -0.570. The zero-order valence-electron chi connectivity index (χ0n) is 10.4. The molecule has 2 rings (SSSR count). The van der Waals surface area contributed by atoms with Crippen molar-refractivity contribution < 1.29 is 9.53 Å². The molecule has 0 N–H and O–H groups in total. The topological polar surface area (TPSA) is 29.5 Å². The molecule has 0 radical (unpaired) electrons. The summed E-state index contributed by atoms with van der Waals surface area (Å²) in [5.74, 6) is 0.951. The third kappa shape index (κ3) is 2.24. The second-order valence-corrected chi connectivity index (χ2v) is 5.16. The van der Waals surface area contributed by atoms with Crippen molar-refractivity contribution in [1.29, 1.82) is 0 Å². The molecule has 0 aromatic carbocycles. The summed E-state index contributed by atoms with van der Waals surface area (Å²) in [4.78, 5) is 14.2. The molecule has 0 aromatic rings. The molecule has 1 aliphatic carbocycles. The van der Waals surface area contributed by atoms with E-state index in [0.29, 0.717) is 6.04 Å². The van der Waals surface area contributed by atoms with E-state index in [4.69, 9.17) is 4.74 Å². The van der Waals surface area contributed by atoms with Crippen molar-refractivity contribution in [2.75, 3.05) is 13.7 Å². The van der Waals surface area contributed by atoms with E-state index in [1.807, 2.05) is 6.92 Å². The quantitative estimate of drug-likeness (QED) is 0.737. The molecule has 1 aliphatic heterocycles. The molecule has 2 fully saturated rings. The maximum Gasteiger partial charge on any atom is 0.251 e. The summed E-state index contributed by atoms with van der Waals surface area (Å²) in [6.45, 7) is 2.79. The fraction of sp³-hybridized carbons (Fsp3) is 0.923. The first-order valence-electron chi connectivity index (χ1n) is 6.57. The van der Waals surface area contributed by atoms with Gasteiger partial charge >= 0.3 is 0 Å². The van der Waals surface area contributed by atoms with Crippen LogP contribution in [-0.2, 0) is 9.53 Å². The SMILES string of the molecule is CO[C@H](C)C(=O)N1CCC[C@@H]1C1CCCC1. The molecule has 92 valence electrons. The van der Waals surface area contributed by atoms with E-state index < -0.39 is 0 Å². The zero-order chi connectivity index (χ0) is 11.5. The molecule has 16 heavy (non-hydrogen) atoms. The number of methoxy groups -OCH3 is 1. The standard InChI is InChI=1S/C13H23NO2/c1-10(16-2)13(15)14-9-5-8-12(14)11-6-3-4-7-11/h10-12H,3-9H2,1-2H3/t10-,12-/m1/s1. The first-order chi connectivity index (χ1) is 7.74. The van der Waals surface area contributed by atoms with Gasteiger partial charge in [0, 0.05) is 19.7 Å². The molecule has 0 aromatic heterocycles. The molecular weight excluding hydrogens is 202 g/mol. The third-order valence-electron chi connectivity index (χ3n) is 4.23. The Labute approximate surface area is 98.1 Å². The average Bonchev–Trinajstić information content (AvgIpc) is 2.95. The highest BCUT2D eigenvalue weighted by Crippen LogP contribution is 2.35. The van der Waals surface area contributed by atoms with Crippen molar-refractivity contribution in [3.63, 3.8) is 0 Å². The van der Waals surface area contributed by atoms with E-state index in [2.05, 4.69) is 4.90 Å². The van der Waals surface area contributed by atoms with Crippen molar-refractivity contribution in [2.45, 2.75) is 57.6 Å². The van der Waals surface area contributed by atoms with Crippen molar-refractivity contribution >= 4 is 5.91 Å². The number of nitrogens with zero attached hydrogens (tertiary/aromatic N) is 1. The van der Waals surface area contributed by atoms with Gasteiger partial charge in [-0.15, -0.1) is 0 Å². The third-order valence-corrected chi connectivity index (χ3v) is 4.23. The van der Waals surface area contributed by atoms with Crippen LogP contribution in [0.2, 0.25) is 0 Å². The molecule has 2 atom stereocenters. The van der Waals surface area contributed by atoms with Crippen molar-refractivity contribution in [3.8, 4) is 0 Å². The van der Waals surface area contributed by atoms with Crippen LogP contribution in [0.1, 0.15) is 45.4 Å². The summed E-state index contributed by atoms with van der Waals surface area (Å²) >= 11 is 0. The molecule has 2 aliphatic rings. The first kappa shape index (κ1) is 11.9. The van der Waals surface area contributed by atoms with Crippen LogP contribution in [0.25, 0.3) is 0 Å². The maximum absolute atomic E-state index is 12.1. The molecule has 3 nitrogen and oxygen atoms in total. The lowest BCUT2D eigenvalue weighted by Gasteiger charge is -2.31. The van der Waals surface area contributed by atoms with Crippen LogP contribution in [0, 0.1) is 5.92 Å². The molecule has 0 bridgehead atoms. The van der Waals surface area contributed by atoms with Crippen LogP contribution in [0.5, 0.6) is 0 Å². The minimum Gasteiger partial charge on any atom is -0.372 e. The van der Waals surface area contributed by atoms with Gasteiger partial charge in [-0.25, -0.2) is 0 Å². The Kier molecular flexibility index (Phi) is 3.85. The summed E-state index contributed by atoms with van der Waals surface area (Å²) in [6.07, 6.45) is 7.43. The van der Waals surface area contributed by atoms with Crippen LogP contribution >= 0.6 is 0 Å². The minimum absolute atomic E-state index is 0.192. The second kappa shape index (κ2) is 5.17. The van der Waals surface area contributed by atoms with Gasteiger partial charge in [0.1, 0.15) is 6.10 Å². The lowest BCUT2D eigenvalue weighted by atomic mass is 9.96. The molecule has 1 amide bonds. The van der Waals surface area contributed by atoms with Gasteiger partial charge in [-0.3, -0.25) is 4.79 Å². The van der Waals surface area contributed by atoms with E-state index in [1.165, 1.54) is 38.5 Å². The highest BCUT2D eigenvalue weighted by molar-refractivity contribution is 5.81.